The first-order valence-electron chi connectivity index (χ1n) is 4.91. The molecular formula is C8H6N6O6V. The molecule has 0 spiro atoms. The molecule has 0 atom stereocenters. The smallest absolute Gasteiger partial charge is 0.328 e. The number of aromatic nitrogens is 4. The summed E-state index contributed by atoms with van der Waals surface area (Å²) in [6.45, 7) is 0. The molecule has 21 heavy (non-hydrogen) atoms. The molecule has 0 saturated carbocycles. The van der Waals surface area contributed by atoms with Crippen molar-refractivity contribution in [3.05, 3.63) is 41.7 Å². The Morgan fingerprint density at radius 1 is 0.667 bits per heavy atom. The molecule has 2 rings (SSSR count). The van der Waals surface area contributed by atoms with Crippen LogP contribution >= 0.6 is 0 Å². The van der Waals surface area contributed by atoms with Gasteiger partial charge < -0.3 is 10.2 Å². The molecular weight excluding hydrogens is 327 g/mol. The first-order chi connectivity index (χ1) is 9.38. The molecule has 109 valence electrons. The van der Waals surface area contributed by atoms with Crippen LogP contribution in [0.1, 0.15) is 0 Å². The van der Waals surface area contributed by atoms with E-state index in [2.05, 4.69) is 10.2 Å². The Morgan fingerprint density at radius 3 is 1.29 bits per heavy atom. The standard InChI is InChI=1S/C8H6N6O6.V/c15-3-1(4(16)10-7(19)9-3)13-14-2-5(17)11-8(20)12-6(2)18;/h(H3,9,10,15,16,19)(H3,11,12,17,18,20);. The fourth-order valence-electron chi connectivity index (χ4n) is 1.22. The third kappa shape index (κ3) is 3.37. The molecule has 0 aliphatic heterocycles. The molecule has 0 amide bonds. The number of hydrogen-bond acceptors (Lipinski definition) is 8. The van der Waals surface area contributed by atoms with Gasteiger partial charge in [0.2, 0.25) is 23.1 Å². The predicted molar refractivity (Wildman–Crippen MR) is 62.9 cm³/mol. The monoisotopic (exact) mass is 333 g/mol. The summed E-state index contributed by atoms with van der Waals surface area (Å²) < 4.78 is 0. The summed E-state index contributed by atoms with van der Waals surface area (Å²) in [5.74, 6) is -1.74. The Kier molecular flexibility index (Phi) is 4.68. The van der Waals surface area contributed by atoms with Crippen LogP contribution in [0.15, 0.2) is 29.4 Å². The predicted octanol–water partition coefficient (Wildman–Crippen LogP) is -1.74. The zero-order valence-corrected chi connectivity index (χ0v) is 11.3. The van der Waals surface area contributed by atoms with Crippen LogP contribution in [0.5, 0.6) is 11.8 Å². The number of nitrogens with one attached hydrogen (secondary N) is 4. The summed E-state index contributed by atoms with van der Waals surface area (Å²) in [5.41, 5.74) is -5.41. The minimum Gasteiger partial charge on any atom is -0.493 e. The average molecular weight is 333 g/mol. The van der Waals surface area contributed by atoms with Gasteiger partial charge in [0, 0.05) is 18.6 Å². The van der Waals surface area contributed by atoms with Crippen molar-refractivity contribution in [1.29, 1.82) is 0 Å². The molecule has 6 N–H and O–H groups in total. The van der Waals surface area contributed by atoms with Gasteiger partial charge in [0.15, 0.2) is 0 Å². The molecule has 0 bridgehead atoms. The van der Waals surface area contributed by atoms with E-state index in [0.29, 0.717) is 0 Å². The van der Waals surface area contributed by atoms with Crippen LogP contribution in [0.3, 0.4) is 0 Å². The summed E-state index contributed by atoms with van der Waals surface area (Å²) in [5, 5.41) is 25.0. The van der Waals surface area contributed by atoms with Gasteiger partial charge in [0.05, 0.1) is 0 Å². The van der Waals surface area contributed by atoms with E-state index >= 15 is 0 Å². The van der Waals surface area contributed by atoms with Gasteiger partial charge in [-0.05, 0) is 0 Å². The van der Waals surface area contributed by atoms with E-state index < -0.39 is 45.6 Å². The molecule has 0 fully saturated rings. The van der Waals surface area contributed by atoms with Crippen LogP contribution in [-0.4, -0.2) is 30.1 Å². The molecule has 2 aromatic rings. The third-order valence-corrected chi connectivity index (χ3v) is 2.05. The Balaban J connectivity index is 0.00000220. The van der Waals surface area contributed by atoms with Gasteiger partial charge in [0.1, 0.15) is 0 Å². The fourth-order valence-corrected chi connectivity index (χ4v) is 1.22. The van der Waals surface area contributed by atoms with E-state index in [4.69, 9.17) is 0 Å². The van der Waals surface area contributed by atoms with Crippen molar-refractivity contribution in [3.8, 4) is 11.8 Å². The molecule has 0 aliphatic carbocycles. The molecule has 1 radical (unpaired) electrons. The summed E-state index contributed by atoms with van der Waals surface area (Å²) in [4.78, 5) is 51.4. The molecule has 2 heterocycles. The summed E-state index contributed by atoms with van der Waals surface area (Å²) in [6.07, 6.45) is 0. The van der Waals surface area contributed by atoms with Crippen LogP contribution in [-0.2, 0) is 18.6 Å². The van der Waals surface area contributed by atoms with Crippen molar-refractivity contribution < 1.29 is 28.8 Å². The van der Waals surface area contributed by atoms with Crippen molar-refractivity contribution in [2.24, 2.45) is 10.2 Å². The SMILES string of the molecule is O=c1[nH]c(O)c(N=Nc2c(O)[nH]c(=O)[nH]c2=O)c(=O)[nH]1.[V]. The van der Waals surface area contributed by atoms with Crippen molar-refractivity contribution in [1.82, 2.24) is 19.9 Å². The minimum absolute atomic E-state index is 0. The number of aromatic amines is 4. The van der Waals surface area contributed by atoms with Crippen LogP contribution in [0.4, 0.5) is 11.4 Å². The van der Waals surface area contributed by atoms with Gasteiger partial charge in [-0.25, -0.2) is 9.59 Å². The maximum absolute atomic E-state index is 11.3. The fraction of sp³-hybridized carbons (Fsp3) is 0. The largest absolute Gasteiger partial charge is 0.493 e. The van der Waals surface area contributed by atoms with Gasteiger partial charge in [-0.1, -0.05) is 0 Å². The normalized spacial score (nSPS) is 10.5. The average Bonchev–Trinajstić information content (AvgIpc) is 2.30. The van der Waals surface area contributed by atoms with Gasteiger partial charge in [-0.2, -0.15) is 0 Å². The number of nitrogens with zero attached hydrogens (tertiary/aromatic N) is 2. The molecule has 0 unspecified atom stereocenters. The van der Waals surface area contributed by atoms with Gasteiger partial charge in [0.25, 0.3) is 11.1 Å². The van der Waals surface area contributed by atoms with E-state index in [-0.39, 0.29) is 18.6 Å². The first kappa shape index (κ1) is 16.2. The van der Waals surface area contributed by atoms with Crippen LogP contribution in [0.2, 0.25) is 0 Å². The molecule has 0 saturated heterocycles. The Bertz CT molecular complexity index is 845. The van der Waals surface area contributed by atoms with E-state index in [1.165, 1.54) is 0 Å². The third-order valence-electron chi connectivity index (χ3n) is 2.05. The zero-order chi connectivity index (χ0) is 14.9. The Labute approximate surface area is 124 Å². The maximum atomic E-state index is 11.3. The maximum Gasteiger partial charge on any atom is 0.328 e. The number of azo groups is 1. The van der Waals surface area contributed by atoms with Crippen LogP contribution in [0, 0.1) is 0 Å². The number of H-pyrrole nitrogens is 4. The summed E-state index contributed by atoms with van der Waals surface area (Å²) >= 11 is 0. The topological polar surface area (TPSA) is 197 Å². The van der Waals surface area contributed by atoms with E-state index in [0.717, 1.165) is 0 Å². The number of rotatable bonds is 2. The second-order valence-electron chi connectivity index (χ2n) is 3.41. The number of hydrogen-bond donors (Lipinski definition) is 6. The Hall–Kier alpha value is -2.86. The van der Waals surface area contributed by atoms with E-state index in [9.17, 15) is 29.4 Å². The Morgan fingerprint density at radius 2 is 1.00 bits per heavy atom. The molecule has 13 heteroatoms. The zero-order valence-electron chi connectivity index (χ0n) is 9.87. The quantitative estimate of drug-likeness (QED) is 0.353. The second-order valence-corrected chi connectivity index (χ2v) is 3.41. The molecule has 2 aromatic heterocycles. The van der Waals surface area contributed by atoms with Gasteiger partial charge in [-0.15, -0.1) is 10.2 Å². The van der Waals surface area contributed by atoms with Crippen molar-refractivity contribution in [2.45, 2.75) is 0 Å². The van der Waals surface area contributed by atoms with E-state index in [1.54, 1.807) is 9.97 Å². The minimum atomic E-state index is -1.06. The summed E-state index contributed by atoms with van der Waals surface area (Å²) in [6, 6.07) is 0. The van der Waals surface area contributed by atoms with Crippen LogP contribution in [0.25, 0.3) is 0 Å². The molecule has 12 nitrogen and oxygen atoms in total. The first-order valence-corrected chi connectivity index (χ1v) is 4.91. The van der Waals surface area contributed by atoms with E-state index in [1.807, 2.05) is 9.97 Å². The molecule has 0 aromatic carbocycles. The van der Waals surface area contributed by atoms with Crippen molar-refractivity contribution >= 4 is 11.4 Å². The number of aromatic hydroxyl groups is 2. The molecule has 0 aliphatic rings. The second kappa shape index (κ2) is 6.06. The van der Waals surface area contributed by atoms with Crippen molar-refractivity contribution in [2.75, 3.05) is 0 Å². The van der Waals surface area contributed by atoms with Crippen molar-refractivity contribution in [3.63, 3.8) is 0 Å². The van der Waals surface area contributed by atoms with Crippen LogP contribution < -0.4 is 22.5 Å². The van der Waals surface area contributed by atoms with Gasteiger partial charge in [-0.3, -0.25) is 29.5 Å². The van der Waals surface area contributed by atoms with Gasteiger partial charge >= 0.3 is 11.4 Å². The summed E-state index contributed by atoms with van der Waals surface area (Å²) in [7, 11) is 0.